The second kappa shape index (κ2) is 4.72. The highest BCUT2D eigenvalue weighted by molar-refractivity contribution is 5.84. The van der Waals surface area contributed by atoms with Gasteiger partial charge >= 0.3 is 5.97 Å². The number of carbonyl (C=O) groups is 1. The number of hydrogen-bond acceptors (Lipinski definition) is 4. The Bertz CT molecular complexity index is 337. The fraction of sp³-hybridized carbons (Fsp3) is 0.500. The highest BCUT2D eigenvalue weighted by Crippen LogP contribution is 2.11. The summed E-state index contributed by atoms with van der Waals surface area (Å²) < 4.78 is 0. The summed E-state index contributed by atoms with van der Waals surface area (Å²) in [4.78, 5) is 20.4. The van der Waals surface area contributed by atoms with Gasteiger partial charge < -0.3 is 10.0 Å². The SMILES string of the molecule is CCC(C)N(C)c1cnc(C(=O)O)cn1. The lowest BCUT2D eigenvalue weighted by Gasteiger charge is -2.24. The maximum Gasteiger partial charge on any atom is 0.356 e. The van der Waals surface area contributed by atoms with Crippen molar-refractivity contribution in [2.24, 2.45) is 0 Å². The van der Waals surface area contributed by atoms with Gasteiger partial charge in [-0.1, -0.05) is 6.92 Å². The monoisotopic (exact) mass is 209 g/mol. The molecule has 0 saturated heterocycles. The molecule has 82 valence electrons. The molecule has 0 spiro atoms. The number of rotatable bonds is 4. The van der Waals surface area contributed by atoms with Gasteiger partial charge in [0.25, 0.3) is 0 Å². The predicted octanol–water partition coefficient (Wildman–Crippen LogP) is 1.41. The zero-order valence-corrected chi connectivity index (χ0v) is 9.14. The Morgan fingerprint density at radius 1 is 1.53 bits per heavy atom. The Hall–Kier alpha value is -1.65. The molecule has 1 rings (SSSR count). The third kappa shape index (κ3) is 2.65. The van der Waals surface area contributed by atoms with Gasteiger partial charge in [0, 0.05) is 13.1 Å². The molecule has 0 aromatic carbocycles. The summed E-state index contributed by atoms with van der Waals surface area (Å²) in [6.45, 7) is 4.16. The van der Waals surface area contributed by atoms with Gasteiger partial charge in [-0.25, -0.2) is 14.8 Å². The lowest BCUT2D eigenvalue weighted by atomic mass is 10.2. The fourth-order valence-corrected chi connectivity index (χ4v) is 1.11. The van der Waals surface area contributed by atoms with Gasteiger partial charge in [0.05, 0.1) is 12.4 Å². The van der Waals surface area contributed by atoms with Crippen LogP contribution in [0.15, 0.2) is 12.4 Å². The van der Waals surface area contributed by atoms with Crippen LogP contribution in [0.4, 0.5) is 5.82 Å². The lowest BCUT2D eigenvalue weighted by Crippen LogP contribution is -2.29. The molecule has 1 atom stereocenters. The Morgan fingerprint density at radius 3 is 2.60 bits per heavy atom. The van der Waals surface area contributed by atoms with Gasteiger partial charge in [-0.3, -0.25) is 0 Å². The summed E-state index contributed by atoms with van der Waals surface area (Å²) in [5.41, 5.74) is -0.0312. The minimum absolute atomic E-state index is 0.0312. The van der Waals surface area contributed by atoms with E-state index >= 15 is 0 Å². The van der Waals surface area contributed by atoms with Crippen molar-refractivity contribution in [2.45, 2.75) is 26.3 Å². The highest BCUT2D eigenvalue weighted by atomic mass is 16.4. The molecule has 0 aliphatic carbocycles. The predicted molar refractivity (Wildman–Crippen MR) is 57.1 cm³/mol. The van der Waals surface area contributed by atoms with Gasteiger partial charge in [-0.2, -0.15) is 0 Å². The molecule has 0 bridgehead atoms. The Labute approximate surface area is 88.8 Å². The summed E-state index contributed by atoms with van der Waals surface area (Å²) in [7, 11) is 1.92. The average Bonchev–Trinajstić information content (AvgIpc) is 2.27. The van der Waals surface area contributed by atoms with Crippen molar-refractivity contribution in [3.63, 3.8) is 0 Å². The Morgan fingerprint density at radius 2 is 2.20 bits per heavy atom. The maximum absolute atomic E-state index is 10.6. The first kappa shape index (κ1) is 11.4. The third-order valence-electron chi connectivity index (χ3n) is 2.47. The van der Waals surface area contributed by atoms with E-state index in [1.54, 1.807) is 0 Å². The number of anilines is 1. The van der Waals surface area contributed by atoms with Crippen LogP contribution in [0.5, 0.6) is 0 Å². The van der Waals surface area contributed by atoms with Crippen molar-refractivity contribution in [1.82, 2.24) is 9.97 Å². The van der Waals surface area contributed by atoms with Gasteiger partial charge in [-0.05, 0) is 13.3 Å². The average molecular weight is 209 g/mol. The normalized spacial score (nSPS) is 12.2. The minimum atomic E-state index is -1.06. The van der Waals surface area contributed by atoms with Crippen LogP contribution in [0.1, 0.15) is 30.8 Å². The standard InChI is InChI=1S/C10H15N3O2/c1-4-7(2)13(3)9-6-11-8(5-12-9)10(14)15/h5-7H,4H2,1-3H3,(H,14,15). The second-order valence-electron chi connectivity index (χ2n) is 3.43. The van der Waals surface area contributed by atoms with E-state index in [0.717, 1.165) is 6.42 Å². The molecule has 1 unspecified atom stereocenters. The second-order valence-corrected chi connectivity index (χ2v) is 3.43. The first-order valence-electron chi connectivity index (χ1n) is 4.84. The molecule has 0 radical (unpaired) electrons. The van der Waals surface area contributed by atoms with Crippen LogP contribution in [0, 0.1) is 0 Å². The molecule has 1 N–H and O–H groups in total. The van der Waals surface area contributed by atoms with Crippen LogP contribution in [-0.4, -0.2) is 34.1 Å². The minimum Gasteiger partial charge on any atom is -0.476 e. The topological polar surface area (TPSA) is 66.3 Å². The number of aromatic nitrogens is 2. The summed E-state index contributed by atoms with van der Waals surface area (Å²) >= 11 is 0. The molecular weight excluding hydrogens is 194 g/mol. The van der Waals surface area contributed by atoms with Crippen LogP contribution in [0.25, 0.3) is 0 Å². The molecule has 0 aliphatic heterocycles. The quantitative estimate of drug-likeness (QED) is 0.812. The van der Waals surface area contributed by atoms with Crippen LogP contribution in [0.2, 0.25) is 0 Å². The first-order chi connectivity index (χ1) is 7.06. The van der Waals surface area contributed by atoms with Gasteiger partial charge in [0.2, 0.25) is 0 Å². The highest BCUT2D eigenvalue weighted by Gasteiger charge is 2.11. The number of nitrogens with zero attached hydrogens (tertiary/aromatic N) is 3. The molecule has 5 nitrogen and oxygen atoms in total. The molecule has 1 heterocycles. The molecule has 0 fully saturated rings. The van der Waals surface area contributed by atoms with E-state index in [0.29, 0.717) is 11.9 Å². The molecule has 0 amide bonds. The van der Waals surface area contributed by atoms with Crippen molar-refractivity contribution in [1.29, 1.82) is 0 Å². The first-order valence-corrected chi connectivity index (χ1v) is 4.84. The molecule has 1 aromatic rings. The maximum atomic E-state index is 10.6. The Kier molecular flexibility index (Phi) is 3.60. The van der Waals surface area contributed by atoms with E-state index in [9.17, 15) is 4.79 Å². The van der Waals surface area contributed by atoms with Crippen molar-refractivity contribution < 1.29 is 9.90 Å². The summed E-state index contributed by atoms with van der Waals surface area (Å²) in [5, 5.41) is 8.65. The number of aromatic carboxylic acids is 1. The number of carboxylic acid groups (broad SMARTS) is 1. The van der Waals surface area contributed by atoms with E-state index in [-0.39, 0.29) is 5.69 Å². The van der Waals surface area contributed by atoms with Gasteiger partial charge in [0.15, 0.2) is 5.69 Å². The van der Waals surface area contributed by atoms with E-state index in [2.05, 4.69) is 23.8 Å². The molecule has 5 heteroatoms. The van der Waals surface area contributed by atoms with Crippen molar-refractivity contribution in [2.75, 3.05) is 11.9 Å². The van der Waals surface area contributed by atoms with Crippen LogP contribution >= 0.6 is 0 Å². The summed E-state index contributed by atoms with van der Waals surface area (Å²) in [5.74, 6) is -0.366. The van der Waals surface area contributed by atoms with E-state index in [1.807, 2.05) is 11.9 Å². The lowest BCUT2D eigenvalue weighted by molar-refractivity contribution is 0.0690. The smallest absolute Gasteiger partial charge is 0.356 e. The van der Waals surface area contributed by atoms with Crippen molar-refractivity contribution in [3.8, 4) is 0 Å². The summed E-state index contributed by atoms with van der Waals surface area (Å²) in [6, 6.07) is 0.356. The molecule has 15 heavy (non-hydrogen) atoms. The van der Waals surface area contributed by atoms with E-state index in [4.69, 9.17) is 5.11 Å². The fourth-order valence-electron chi connectivity index (χ4n) is 1.11. The molecule has 0 aliphatic rings. The third-order valence-corrected chi connectivity index (χ3v) is 2.47. The van der Waals surface area contributed by atoms with Crippen molar-refractivity contribution in [3.05, 3.63) is 18.1 Å². The van der Waals surface area contributed by atoms with Crippen LogP contribution in [-0.2, 0) is 0 Å². The van der Waals surface area contributed by atoms with Crippen molar-refractivity contribution >= 4 is 11.8 Å². The summed E-state index contributed by atoms with van der Waals surface area (Å²) in [6.07, 6.45) is 3.75. The zero-order valence-electron chi connectivity index (χ0n) is 9.14. The molecule has 0 saturated carbocycles. The van der Waals surface area contributed by atoms with E-state index in [1.165, 1.54) is 12.4 Å². The van der Waals surface area contributed by atoms with E-state index < -0.39 is 5.97 Å². The number of carboxylic acids is 1. The Balaban J connectivity index is 2.84. The van der Waals surface area contributed by atoms with Gasteiger partial charge in [0.1, 0.15) is 5.82 Å². The largest absolute Gasteiger partial charge is 0.476 e. The van der Waals surface area contributed by atoms with Crippen LogP contribution in [0.3, 0.4) is 0 Å². The van der Waals surface area contributed by atoms with Crippen LogP contribution < -0.4 is 4.90 Å². The van der Waals surface area contributed by atoms with Gasteiger partial charge in [-0.15, -0.1) is 0 Å². The zero-order chi connectivity index (χ0) is 11.4. The number of hydrogen-bond donors (Lipinski definition) is 1. The molecular formula is C10H15N3O2. The molecule has 1 aromatic heterocycles.